The predicted octanol–water partition coefficient (Wildman–Crippen LogP) is 3.75. The van der Waals surface area contributed by atoms with Gasteiger partial charge in [-0.3, -0.25) is 4.79 Å². The molecule has 1 saturated heterocycles. The number of aliphatic hydroxyl groups is 1. The predicted molar refractivity (Wildman–Crippen MR) is 153 cm³/mol. The second-order valence-corrected chi connectivity index (χ2v) is 14.1. The van der Waals surface area contributed by atoms with E-state index in [1.807, 2.05) is 16.8 Å². The van der Waals surface area contributed by atoms with Gasteiger partial charge < -0.3 is 29.4 Å². The zero-order valence-electron chi connectivity index (χ0n) is 25.1. The van der Waals surface area contributed by atoms with E-state index >= 15 is 0 Å². The molecule has 9 nitrogen and oxygen atoms in total. The SMILES string of the molecule is CC(=O)O[C@@H]1C[C@@]2(O)[C@@H]3CC[C@@H]4C[C@H](N(C)C(=O)N5CCNCC5)CC[C@@]4(C)[C@@H]3CC[C@]2(C)[C@H]1c1ccc(=O)oc1. The molecular formula is C32H47N3O6. The van der Waals surface area contributed by atoms with Crippen LogP contribution in [0, 0.1) is 28.6 Å². The summed E-state index contributed by atoms with van der Waals surface area (Å²) in [7, 11) is 1.98. The lowest BCUT2D eigenvalue weighted by atomic mass is 9.43. The van der Waals surface area contributed by atoms with Gasteiger partial charge in [0.2, 0.25) is 0 Å². The molecule has 2 N–H and O–H groups in total. The van der Waals surface area contributed by atoms with Crippen LogP contribution < -0.4 is 10.9 Å². The maximum absolute atomic E-state index is 13.3. The molecule has 0 unspecified atom stereocenters. The molecule has 1 aliphatic heterocycles. The summed E-state index contributed by atoms with van der Waals surface area (Å²) in [5, 5.41) is 16.1. The molecule has 0 aromatic carbocycles. The summed E-state index contributed by atoms with van der Waals surface area (Å²) < 4.78 is 11.1. The fraction of sp³-hybridized carbons (Fsp3) is 0.781. The van der Waals surface area contributed by atoms with Gasteiger partial charge in [-0.1, -0.05) is 13.8 Å². The van der Waals surface area contributed by atoms with E-state index in [1.165, 1.54) is 19.3 Å². The third-order valence-corrected chi connectivity index (χ3v) is 12.4. The van der Waals surface area contributed by atoms with E-state index in [1.54, 1.807) is 6.07 Å². The highest BCUT2D eigenvalue weighted by molar-refractivity contribution is 5.74. The Bertz CT molecular complexity index is 1210. The molecule has 1 aromatic heterocycles. The number of fused-ring (bicyclic) bond motifs is 5. The van der Waals surface area contributed by atoms with Crippen LogP contribution in [0.5, 0.6) is 0 Å². The molecule has 5 fully saturated rings. The smallest absolute Gasteiger partial charge is 0.335 e. The van der Waals surface area contributed by atoms with Crippen LogP contribution in [0.1, 0.15) is 83.6 Å². The second kappa shape index (κ2) is 10.4. The first-order chi connectivity index (χ1) is 19.5. The first kappa shape index (κ1) is 28.7. The Morgan fingerprint density at radius 3 is 2.54 bits per heavy atom. The van der Waals surface area contributed by atoms with Crippen molar-refractivity contribution in [2.45, 2.75) is 95.8 Å². The van der Waals surface area contributed by atoms with Crippen molar-refractivity contribution < 1.29 is 23.8 Å². The van der Waals surface area contributed by atoms with Gasteiger partial charge in [-0.05, 0) is 79.7 Å². The van der Waals surface area contributed by atoms with E-state index in [-0.39, 0.29) is 35.3 Å². The molecule has 1 aromatic rings. The molecule has 41 heavy (non-hydrogen) atoms. The molecule has 5 aliphatic rings. The molecular weight excluding hydrogens is 522 g/mol. The van der Waals surface area contributed by atoms with Crippen molar-refractivity contribution in [3.05, 3.63) is 34.4 Å². The minimum Gasteiger partial charge on any atom is -0.462 e. The number of amides is 2. The standard InChI is InChI=1S/C32H47N3O6/c1-20(36)41-26-18-32(39)25-7-6-22-17-23(34(4)29(38)35-15-13-33-14-16-35)9-11-30(22,2)24(25)10-12-31(32,3)28(26)21-5-8-27(37)40-19-21/h5,8,19,22-26,28,33,39H,6-7,9-18H2,1-4H3/t22-,23-,24-,25-,26-,28+,30-,31-,32-/m1/s1. The largest absolute Gasteiger partial charge is 0.462 e. The molecule has 2 heterocycles. The minimum atomic E-state index is -0.989. The molecule has 6 rings (SSSR count). The highest BCUT2D eigenvalue weighted by Gasteiger charge is 2.70. The first-order valence-electron chi connectivity index (χ1n) is 15.7. The van der Waals surface area contributed by atoms with Crippen LogP contribution >= 0.6 is 0 Å². The third kappa shape index (κ3) is 4.53. The number of esters is 1. The number of rotatable bonds is 3. The van der Waals surface area contributed by atoms with E-state index in [4.69, 9.17) is 9.15 Å². The number of nitrogens with one attached hydrogen (secondary N) is 1. The van der Waals surface area contributed by atoms with Crippen LogP contribution in [0.25, 0.3) is 0 Å². The van der Waals surface area contributed by atoms with Gasteiger partial charge in [0.1, 0.15) is 6.10 Å². The maximum atomic E-state index is 13.3. The topological polar surface area (TPSA) is 112 Å². The first-order valence-corrected chi connectivity index (χ1v) is 15.7. The quantitative estimate of drug-likeness (QED) is 0.533. The van der Waals surface area contributed by atoms with Gasteiger partial charge in [-0.25, -0.2) is 9.59 Å². The van der Waals surface area contributed by atoms with Gasteiger partial charge in [-0.2, -0.15) is 0 Å². The lowest BCUT2D eigenvalue weighted by molar-refractivity contribution is -0.203. The van der Waals surface area contributed by atoms with E-state index in [2.05, 4.69) is 19.2 Å². The molecule has 0 radical (unpaired) electrons. The van der Waals surface area contributed by atoms with Gasteiger partial charge >= 0.3 is 17.6 Å². The van der Waals surface area contributed by atoms with Crippen molar-refractivity contribution in [2.75, 3.05) is 33.2 Å². The Labute approximate surface area is 243 Å². The van der Waals surface area contributed by atoms with Crippen LogP contribution in [0.15, 0.2) is 27.6 Å². The summed E-state index contributed by atoms with van der Waals surface area (Å²) in [6.45, 7) is 9.27. The van der Waals surface area contributed by atoms with E-state index < -0.39 is 22.7 Å². The van der Waals surface area contributed by atoms with E-state index in [0.717, 1.165) is 76.7 Å². The lowest BCUT2D eigenvalue weighted by Gasteiger charge is -2.64. The number of urea groups is 1. The van der Waals surface area contributed by atoms with Crippen LogP contribution in [-0.2, 0) is 9.53 Å². The number of hydrogen-bond donors (Lipinski definition) is 2. The molecule has 4 aliphatic carbocycles. The molecule has 0 spiro atoms. The zero-order chi connectivity index (χ0) is 29.2. The fourth-order valence-electron chi connectivity index (χ4n) is 10.3. The summed E-state index contributed by atoms with van der Waals surface area (Å²) in [6.07, 6.45) is 8.27. The average Bonchev–Trinajstić information content (AvgIpc) is 3.18. The fourth-order valence-corrected chi connectivity index (χ4v) is 10.3. The highest BCUT2D eigenvalue weighted by Crippen LogP contribution is 2.71. The third-order valence-electron chi connectivity index (χ3n) is 12.4. The number of ether oxygens (including phenoxy) is 1. The lowest BCUT2D eigenvalue weighted by Crippen LogP contribution is -2.62. The molecule has 4 saturated carbocycles. The van der Waals surface area contributed by atoms with Crippen molar-refractivity contribution in [3.63, 3.8) is 0 Å². The summed E-state index contributed by atoms with van der Waals surface area (Å²) in [5.74, 6) is 0.400. The van der Waals surface area contributed by atoms with Crippen LogP contribution in [0.4, 0.5) is 4.79 Å². The molecule has 9 heteroatoms. The zero-order valence-corrected chi connectivity index (χ0v) is 25.1. The van der Waals surface area contributed by atoms with Crippen LogP contribution in [0.3, 0.4) is 0 Å². The van der Waals surface area contributed by atoms with Gasteiger partial charge in [0.15, 0.2) is 0 Å². The molecule has 226 valence electrons. The van der Waals surface area contributed by atoms with Gasteiger partial charge in [0.05, 0.1) is 11.9 Å². The number of piperazine rings is 1. The monoisotopic (exact) mass is 569 g/mol. The number of carbonyl (C=O) groups excluding carboxylic acids is 2. The second-order valence-electron chi connectivity index (χ2n) is 14.1. The Kier molecular flexibility index (Phi) is 7.29. The number of nitrogens with zero attached hydrogens (tertiary/aromatic N) is 2. The summed E-state index contributed by atoms with van der Waals surface area (Å²) in [6, 6.07) is 3.59. The van der Waals surface area contributed by atoms with Crippen LogP contribution in [-0.4, -0.2) is 77.9 Å². The van der Waals surface area contributed by atoms with E-state index in [0.29, 0.717) is 18.3 Å². The average molecular weight is 570 g/mol. The van der Waals surface area contributed by atoms with Gasteiger partial charge in [0, 0.05) is 70.0 Å². The maximum Gasteiger partial charge on any atom is 0.335 e. The van der Waals surface area contributed by atoms with Gasteiger partial charge in [0.25, 0.3) is 0 Å². The number of hydrogen-bond acceptors (Lipinski definition) is 7. The van der Waals surface area contributed by atoms with Gasteiger partial charge in [-0.15, -0.1) is 0 Å². The summed E-state index contributed by atoms with van der Waals surface area (Å²) in [4.78, 5) is 41.2. The van der Waals surface area contributed by atoms with Crippen molar-refractivity contribution in [2.24, 2.45) is 28.6 Å². The summed E-state index contributed by atoms with van der Waals surface area (Å²) >= 11 is 0. The normalized spacial score (nSPS) is 42.0. The van der Waals surface area contributed by atoms with Crippen molar-refractivity contribution in [3.8, 4) is 0 Å². The van der Waals surface area contributed by atoms with Crippen molar-refractivity contribution in [1.29, 1.82) is 0 Å². The molecule has 9 atom stereocenters. The van der Waals surface area contributed by atoms with Crippen LogP contribution in [0.2, 0.25) is 0 Å². The number of carbonyl (C=O) groups is 2. The van der Waals surface area contributed by atoms with Crippen molar-refractivity contribution in [1.82, 2.24) is 15.1 Å². The Morgan fingerprint density at radius 1 is 1.10 bits per heavy atom. The Balaban J connectivity index is 1.24. The minimum absolute atomic E-state index is 0.101. The van der Waals surface area contributed by atoms with E-state index in [9.17, 15) is 19.5 Å². The van der Waals surface area contributed by atoms with Crippen molar-refractivity contribution >= 4 is 12.0 Å². The Hall–Kier alpha value is -2.39. The molecule has 0 bridgehead atoms. The summed E-state index contributed by atoms with van der Waals surface area (Å²) in [5.41, 5.74) is -1.00. The Morgan fingerprint density at radius 2 is 1.85 bits per heavy atom. The highest BCUT2D eigenvalue weighted by atomic mass is 16.5. The molecule has 2 amide bonds.